The van der Waals surface area contributed by atoms with Gasteiger partial charge in [0.1, 0.15) is 0 Å². The summed E-state index contributed by atoms with van der Waals surface area (Å²) < 4.78 is 54.3. The smallest absolute Gasteiger partial charge is 0.371 e. The van der Waals surface area contributed by atoms with Crippen molar-refractivity contribution in [2.75, 3.05) is 27.9 Å². The summed E-state index contributed by atoms with van der Waals surface area (Å²) in [6.07, 6.45) is 0.0454. The molecule has 0 N–H and O–H groups in total. The van der Waals surface area contributed by atoms with E-state index in [1.807, 2.05) is 0 Å². The van der Waals surface area contributed by atoms with Crippen LogP contribution in [0.2, 0.25) is 6.04 Å². The van der Waals surface area contributed by atoms with Crippen LogP contribution in [0.3, 0.4) is 0 Å². The Bertz CT molecular complexity index is 220. The molecule has 0 saturated heterocycles. The van der Waals surface area contributed by atoms with Crippen LogP contribution in [-0.4, -0.2) is 36.9 Å². The molecule has 0 atom stereocenters. The Morgan fingerprint density at radius 1 is 1.20 bits per heavy atom. The fourth-order valence-electron chi connectivity index (χ4n) is 0.736. The molecule has 9 heteroatoms. The SMILES string of the molecule is CO[Si](F)(F)CCCOP(=O)(OC)OC. The molecule has 15 heavy (non-hydrogen) atoms. The molecule has 0 radical (unpaired) electrons. The van der Waals surface area contributed by atoms with Gasteiger partial charge in [-0.25, -0.2) is 12.8 Å². The number of halogens is 2. The highest BCUT2D eigenvalue weighted by Gasteiger charge is 2.36. The lowest BCUT2D eigenvalue weighted by Crippen LogP contribution is -2.25. The van der Waals surface area contributed by atoms with E-state index in [4.69, 9.17) is 4.52 Å². The predicted molar refractivity (Wildman–Crippen MR) is 52.0 cm³/mol. The number of hydrogen-bond donors (Lipinski definition) is 0. The van der Waals surface area contributed by atoms with Gasteiger partial charge in [-0.1, -0.05) is 0 Å². The van der Waals surface area contributed by atoms with Gasteiger partial charge in [-0.05, 0) is 6.42 Å². The molecule has 92 valence electrons. The van der Waals surface area contributed by atoms with Crippen LogP contribution in [0.15, 0.2) is 0 Å². The number of rotatable bonds is 8. The molecule has 0 aliphatic heterocycles. The Morgan fingerprint density at radius 3 is 2.13 bits per heavy atom. The van der Waals surface area contributed by atoms with Crippen LogP contribution in [0.25, 0.3) is 0 Å². The molecule has 0 aliphatic rings. The Morgan fingerprint density at radius 2 is 1.73 bits per heavy atom. The molecular weight excluding hydrogens is 249 g/mol. The highest BCUT2D eigenvalue weighted by Crippen LogP contribution is 2.47. The third-order valence-electron chi connectivity index (χ3n) is 1.61. The van der Waals surface area contributed by atoms with Gasteiger partial charge in [0, 0.05) is 27.4 Å². The van der Waals surface area contributed by atoms with Crippen molar-refractivity contribution in [3.8, 4) is 0 Å². The summed E-state index contributed by atoms with van der Waals surface area (Å²) in [5, 5.41) is 0. The first-order valence-electron chi connectivity index (χ1n) is 4.18. The van der Waals surface area contributed by atoms with Crippen LogP contribution in [-0.2, 0) is 22.6 Å². The van der Waals surface area contributed by atoms with E-state index in [2.05, 4.69) is 13.5 Å². The van der Waals surface area contributed by atoms with Gasteiger partial charge in [0.05, 0.1) is 6.61 Å². The second-order valence-electron chi connectivity index (χ2n) is 2.59. The Hall–Kier alpha value is 0.147. The lowest BCUT2D eigenvalue weighted by molar-refractivity contribution is 0.150. The van der Waals surface area contributed by atoms with Crippen molar-refractivity contribution in [2.24, 2.45) is 0 Å². The van der Waals surface area contributed by atoms with Crippen molar-refractivity contribution in [1.29, 1.82) is 0 Å². The molecular formula is C6H15F2O5PSi. The van der Waals surface area contributed by atoms with Gasteiger partial charge in [0.25, 0.3) is 0 Å². The Kier molecular flexibility index (Phi) is 6.74. The van der Waals surface area contributed by atoms with Crippen molar-refractivity contribution < 1.29 is 30.8 Å². The van der Waals surface area contributed by atoms with E-state index in [1.54, 1.807) is 0 Å². The lowest BCUT2D eigenvalue weighted by Gasteiger charge is -2.14. The third kappa shape index (κ3) is 6.34. The van der Waals surface area contributed by atoms with Crippen LogP contribution in [0.1, 0.15) is 6.42 Å². The lowest BCUT2D eigenvalue weighted by atomic mass is 10.5. The first-order chi connectivity index (χ1) is 6.89. The second kappa shape index (κ2) is 6.67. The van der Waals surface area contributed by atoms with Crippen LogP contribution in [0, 0.1) is 0 Å². The number of hydrogen-bond acceptors (Lipinski definition) is 5. The number of phosphoric acid groups is 1. The Labute approximate surface area is 88.8 Å². The minimum Gasteiger partial charge on any atom is -0.371 e. The zero-order chi connectivity index (χ0) is 11.9. The average Bonchev–Trinajstić information content (AvgIpc) is 2.24. The zero-order valence-electron chi connectivity index (χ0n) is 8.87. The quantitative estimate of drug-likeness (QED) is 0.291. The van der Waals surface area contributed by atoms with Gasteiger partial charge < -0.3 is 4.43 Å². The summed E-state index contributed by atoms with van der Waals surface area (Å²) >= 11 is 0. The summed E-state index contributed by atoms with van der Waals surface area (Å²) in [4.78, 5) is 0. The van der Waals surface area contributed by atoms with Gasteiger partial charge in [0.2, 0.25) is 0 Å². The van der Waals surface area contributed by atoms with E-state index >= 15 is 0 Å². The van der Waals surface area contributed by atoms with Gasteiger partial charge in [-0.3, -0.25) is 13.6 Å². The maximum atomic E-state index is 12.7. The molecule has 5 nitrogen and oxygen atoms in total. The molecule has 0 rings (SSSR count). The fourth-order valence-corrected chi connectivity index (χ4v) is 2.21. The molecule has 0 saturated carbocycles. The van der Waals surface area contributed by atoms with Crippen LogP contribution < -0.4 is 0 Å². The normalized spacial score (nSPS) is 13.1. The monoisotopic (exact) mass is 264 g/mol. The molecule has 0 aliphatic carbocycles. The van der Waals surface area contributed by atoms with E-state index in [0.717, 1.165) is 21.3 Å². The maximum Gasteiger partial charge on any atom is 0.577 e. The minimum absolute atomic E-state index is 0.0454. The van der Waals surface area contributed by atoms with Crippen molar-refractivity contribution >= 4 is 16.8 Å². The Balaban J connectivity index is 3.76. The topological polar surface area (TPSA) is 54.0 Å². The van der Waals surface area contributed by atoms with Crippen LogP contribution in [0.4, 0.5) is 8.22 Å². The van der Waals surface area contributed by atoms with E-state index in [0.29, 0.717) is 0 Å². The van der Waals surface area contributed by atoms with Gasteiger partial charge in [0.15, 0.2) is 0 Å². The summed E-state index contributed by atoms with van der Waals surface area (Å²) in [6.45, 7) is -0.120. The van der Waals surface area contributed by atoms with E-state index in [1.165, 1.54) is 0 Å². The molecule has 0 spiro atoms. The van der Waals surface area contributed by atoms with Gasteiger partial charge in [-0.2, -0.15) is 0 Å². The molecule has 0 fully saturated rings. The standard InChI is InChI=1S/C6H15F2O5PSi/c1-10-14(9,11-2)13-5-4-6-15(7,8)12-3/h4-6H2,1-3H3. The fraction of sp³-hybridized carbons (Fsp3) is 1.00. The van der Waals surface area contributed by atoms with Crippen molar-refractivity contribution in [3.05, 3.63) is 0 Å². The van der Waals surface area contributed by atoms with E-state index in [9.17, 15) is 12.8 Å². The average molecular weight is 264 g/mol. The maximum absolute atomic E-state index is 12.7. The highest BCUT2D eigenvalue weighted by molar-refractivity contribution is 7.48. The highest BCUT2D eigenvalue weighted by atomic mass is 31.2. The first-order valence-corrected chi connectivity index (χ1v) is 7.51. The summed E-state index contributed by atoms with van der Waals surface area (Å²) in [5.41, 5.74) is 0. The summed E-state index contributed by atoms with van der Waals surface area (Å²) in [6, 6.07) is -0.378. The van der Waals surface area contributed by atoms with Crippen molar-refractivity contribution in [3.63, 3.8) is 0 Å². The molecule has 0 aromatic heterocycles. The molecule has 0 bridgehead atoms. The van der Waals surface area contributed by atoms with Gasteiger partial charge in [-0.15, -0.1) is 0 Å². The second-order valence-corrected chi connectivity index (χ2v) is 6.66. The molecule has 0 unspecified atom stereocenters. The van der Waals surface area contributed by atoms with Crippen LogP contribution in [0.5, 0.6) is 0 Å². The molecule has 0 heterocycles. The zero-order valence-corrected chi connectivity index (χ0v) is 10.8. The van der Waals surface area contributed by atoms with Crippen LogP contribution >= 0.6 is 7.82 Å². The molecule has 0 aromatic rings. The summed E-state index contributed by atoms with van der Waals surface area (Å²) in [7, 11) is -4.80. The molecule has 0 amide bonds. The van der Waals surface area contributed by atoms with E-state index < -0.39 is 16.8 Å². The van der Waals surface area contributed by atoms with Crippen molar-refractivity contribution in [1.82, 2.24) is 0 Å². The predicted octanol–water partition coefficient (Wildman–Crippen LogP) is 2.32. The largest absolute Gasteiger partial charge is 0.577 e. The van der Waals surface area contributed by atoms with Crippen molar-refractivity contribution in [2.45, 2.75) is 12.5 Å². The molecule has 0 aromatic carbocycles. The minimum atomic E-state index is -4.55. The first kappa shape index (κ1) is 15.1. The third-order valence-corrected chi connectivity index (χ3v) is 4.53. The van der Waals surface area contributed by atoms with Gasteiger partial charge >= 0.3 is 16.8 Å². The number of phosphoric ester groups is 1. The summed E-state index contributed by atoms with van der Waals surface area (Å²) in [5.74, 6) is 0. The van der Waals surface area contributed by atoms with E-state index in [-0.39, 0.29) is 19.1 Å².